The smallest absolute Gasteiger partial charge is 0.462 e. The molecule has 0 fully saturated rings. The molecule has 0 amide bonds. The highest BCUT2D eigenvalue weighted by atomic mass is 31.2. The van der Waals surface area contributed by atoms with Crippen LogP contribution in [0.5, 0.6) is 0 Å². The second-order valence-electron chi connectivity index (χ2n) is 27.3. The molecule has 0 aliphatic heterocycles. The van der Waals surface area contributed by atoms with Crippen LogP contribution in [-0.4, -0.2) is 96.7 Å². The van der Waals surface area contributed by atoms with Crippen LogP contribution in [0.25, 0.3) is 0 Å². The van der Waals surface area contributed by atoms with E-state index < -0.39 is 97.5 Å². The molecule has 6 atom stereocenters. The highest BCUT2D eigenvalue weighted by Crippen LogP contribution is 2.45. The zero-order valence-electron chi connectivity index (χ0n) is 58.8. The lowest BCUT2D eigenvalue weighted by Gasteiger charge is -2.21. The molecule has 0 aliphatic carbocycles. The highest BCUT2D eigenvalue weighted by molar-refractivity contribution is 7.47. The summed E-state index contributed by atoms with van der Waals surface area (Å²) in [6.45, 7) is 14.0. The summed E-state index contributed by atoms with van der Waals surface area (Å²) in [6, 6.07) is 0. The van der Waals surface area contributed by atoms with E-state index in [-0.39, 0.29) is 25.7 Å². The molecule has 0 aromatic carbocycles. The van der Waals surface area contributed by atoms with E-state index in [9.17, 15) is 43.2 Å². The minimum atomic E-state index is -4.95. The second kappa shape index (κ2) is 60.7. The lowest BCUT2D eigenvalue weighted by atomic mass is 10.00. The molecule has 0 radical (unpaired) electrons. The van der Waals surface area contributed by atoms with E-state index in [4.69, 9.17) is 37.0 Å². The van der Waals surface area contributed by atoms with Crippen molar-refractivity contribution in [1.29, 1.82) is 0 Å². The fourth-order valence-corrected chi connectivity index (χ4v) is 12.2. The summed E-state index contributed by atoms with van der Waals surface area (Å²) >= 11 is 0. The van der Waals surface area contributed by atoms with Crippen LogP contribution >= 0.6 is 15.6 Å². The topological polar surface area (TPSA) is 237 Å². The molecule has 0 spiro atoms. The standard InChI is InChI=1S/C71H138O17P2/c1-9-64(8)50-42-34-28-30-36-44-52-69(74)82-58-67(88-71(76)54-46-38-29-27-33-41-49-63(6)7)60-86-90(79,80)84-56-65(72)55-83-89(77,78)85-59-66(87-70(75)53-45-37-26-22-18-20-24-32-40-48-62(4)5)57-81-68(73)51-43-35-25-21-17-15-13-11-10-12-14-16-19-23-31-39-47-61(2)3/h61-67,72H,9-60H2,1-8H3,(H,77,78)(H,79,80)/t64?,65-,66-,67-/m1/s1. The normalized spacial score (nSPS) is 14.6. The van der Waals surface area contributed by atoms with Crippen molar-refractivity contribution >= 4 is 39.5 Å². The first-order chi connectivity index (χ1) is 43.1. The van der Waals surface area contributed by atoms with Crippen molar-refractivity contribution in [2.24, 2.45) is 23.7 Å². The average molecular weight is 1330 g/mol. The van der Waals surface area contributed by atoms with Gasteiger partial charge in [0.15, 0.2) is 12.2 Å². The van der Waals surface area contributed by atoms with Crippen molar-refractivity contribution in [2.45, 2.75) is 369 Å². The Labute approximate surface area is 549 Å². The number of aliphatic hydroxyl groups excluding tert-OH is 1. The number of carbonyl (C=O) groups excluding carboxylic acids is 4. The molecule has 0 aliphatic rings. The molecule has 3 N–H and O–H groups in total. The Morgan fingerprint density at radius 1 is 0.311 bits per heavy atom. The van der Waals surface area contributed by atoms with Crippen molar-refractivity contribution < 1.29 is 80.2 Å². The van der Waals surface area contributed by atoms with Crippen LogP contribution in [0.3, 0.4) is 0 Å². The molecule has 0 rings (SSSR count). The molecule has 0 aromatic rings. The molecule has 19 heteroatoms. The minimum Gasteiger partial charge on any atom is -0.462 e. The summed E-state index contributed by atoms with van der Waals surface area (Å²) in [6.07, 6.45) is 43.4. The van der Waals surface area contributed by atoms with Crippen LogP contribution in [0.1, 0.15) is 351 Å². The van der Waals surface area contributed by atoms with Crippen molar-refractivity contribution in [1.82, 2.24) is 0 Å². The predicted molar refractivity (Wildman–Crippen MR) is 363 cm³/mol. The van der Waals surface area contributed by atoms with Gasteiger partial charge < -0.3 is 33.8 Å². The Bertz CT molecular complexity index is 1780. The van der Waals surface area contributed by atoms with Crippen LogP contribution in [-0.2, 0) is 65.4 Å². The van der Waals surface area contributed by atoms with Crippen molar-refractivity contribution in [3.05, 3.63) is 0 Å². The summed E-state index contributed by atoms with van der Waals surface area (Å²) in [5, 5.41) is 10.6. The van der Waals surface area contributed by atoms with Gasteiger partial charge in [-0.1, -0.05) is 299 Å². The van der Waals surface area contributed by atoms with E-state index in [1.165, 1.54) is 148 Å². The second-order valence-corrected chi connectivity index (χ2v) is 30.2. The van der Waals surface area contributed by atoms with Gasteiger partial charge in [0.1, 0.15) is 19.3 Å². The average Bonchev–Trinajstić information content (AvgIpc) is 3.23. The van der Waals surface area contributed by atoms with Crippen molar-refractivity contribution in [2.75, 3.05) is 39.6 Å². The quantitative estimate of drug-likeness (QED) is 0.0222. The molecular formula is C71H138O17P2. The van der Waals surface area contributed by atoms with E-state index in [0.717, 1.165) is 114 Å². The number of phosphoric acid groups is 2. The van der Waals surface area contributed by atoms with Gasteiger partial charge >= 0.3 is 39.5 Å². The van der Waals surface area contributed by atoms with E-state index in [0.29, 0.717) is 31.6 Å². The van der Waals surface area contributed by atoms with Crippen LogP contribution < -0.4 is 0 Å². The third-order valence-corrected chi connectivity index (χ3v) is 18.6. The first kappa shape index (κ1) is 88.1. The number of phosphoric ester groups is 2. The maximum Gasteiger partial charge on any atom is 0.472 e. The van der Waals surface area contributed by atoms with Gasteiger partial charge in [-0.05, 0) is 49.4 Å². The van der Waals surface area contributed by atoms with Gasteiger partial charge in [-0.15, -0.1) is 0 Å². The zero-order valence-corrected chi connectivity index (χ0v) is 60.6. The lowest BCUT2D eigenvalue weighted by molar-refractivity contribution is -0.161. The van der Waals surface area contributed by atoms with Gasteiger partial charge in [0, 0.05) is 25.7 Å². The number of carbonyl (C=O) groups is 4. The van der Waals surface area contributed by atoms with Gasteiger partial charge in [-0.25, -0.2) is 9.13 Å². The number of hydrogen-bond donors (Lipinski definition) is 3. The van der Waals surface area contributed by atoms with Crippen molar-refractivity contribution in [3.63, 3.8) is 0 Å². The van der Waals surface area contributed by atoms with Gasteiger partial charge in [0.2, 0.25) is 0 Å². The number of rotatable bonds is 68. The Morgan fingerprint density at radius 2 is 0.533 bits per heavy atom. The van der Waals surface area contributed by atoms with Gasteiger partial charge in [-0.2, -0.15) is 0 Å². The fourth-order valence-electron chi connectivity index (χ4n) is 10.6. The van der Waals surface area contributed by atoms with E-state index in [1.807, 2.05) is 0 Å². The van der Waals surface area contributed by atoms with E-state index in [1.54, 1.807) is 0 Å². The Hall–Kier alpha value is -1.94. The number of hydrogen-bond acceptors (Lipinski definition) is 15. The molecule has 534 valence electrons. The summed E-state index contributed by atoms with van der Waals surface area (Å²) in [7, 11) is -9.90. The Kier molecular flexibility index (Phi) is 59.4. The van der Waals surface area contributed by atoms with Crippen LogP contribution in [0.2, 0.25) is 0 Å². The summed E-state index contributed by atoms with van der Waals surface area (Å²) in [4.78, 5) is 72.5. The largest absolute Gasteiger partial charge is 0.472 e. The summed E-state index contributed by atoms with van der Waals surface area (Å²) < 4.78 is 68.2. The molecule has 0 saturated carbocycles. The first-order valence-corrected chi connectivity index (χ1v) is 39.7. The maximum atomic E-state index is 13.0. The fraction of sp³-hybridized carbons (Fsp3) is 0.944. The third kappa shape index (κ3) is 63.5. The summed E-state index contributed by atoms with van der Waals surface area (Å²) in [5.74, 6) is 0.815. The number of aliphatic hydroxyl groups is 1. The van der Waals surface area contributed by atoms with Gasteiger partial charge in [-0.3, -0.25) is 37.3 Å². The Morgan fingerprint density at radius 3 is 0.789 bits per heavy atom. The number of unbranched alkanes of at least 4 members (excludes halogenated alkanes) is 33. The van der Waals surface area contributed by atoms with Crippen LogP contribution in [0.4, 0.5) is 0 Å². The van der Waals surface area contributed by atoms with Crippen LogP contribution in [0.15, 0.2) is 0 Å². The van der Waals surface area contributed by atoms with Gasteiger partial charge in [0.25, 0.3) is 0 Å². The lowest BCUT2D eigenvalue weighted by Crippen LogP contribution is -2.30. The molecule has 0 aromatic heterocycles. The first-order valence-electron chi connectivity index (χ1n) is 36.7. The molecule has 90 heavy (non-hydrogen) atoms. The number of ether oxygens (including phenoxy) is 4. The van der Waals surface area contributed by atoms with Gasteiger partial charge in [0.05, 0.1) is 26.4 Å². The highest BCUT2D eigenvalue weighted by Gasteiger charge is 2.30. The molecule has 0 bridgehead atoms. The monoisotopic (exact) mass is 1320 g/mol. The maximum absolute atomic E-state index is 13.0. The Balaban J connectivity index is 5.18. The van der Waals surface area contributed by atoms with E-state index >= 15 is 0 Å². The zero-order chi connectivity index (χ0) is 66.8. The predicted octanol–water partition coefficient (Wildman–Crippen LogP) is 20.1. The molecule has 0 heterocycles. The number of esters is 4. The van der Waals surface area contributed by atoms with Crippen molar-refractivity contribution in [3.8, 4) is 0 Å². The molecule has 17 nitrogen and oxygen atoms in total. The molecule has 0 saturated heterocycles. The molecule has 3 unspecified atom stereocenters. The van der Waals surface area contributed by atoms with E-state index in [2.05, 4.69) is 55.4 Å². The summed E-state index contributed by atoms with van der Waals surface area (Å²) in [5.41, 5.74) is 0. The van der Waals surface area contributed by atoms with Crippen LogP contribution in [0, 0.1) is 23.7 Å². The third-order valence-electron chi connectivity index (χ3n) is 16.7. The molecular weight excluding hydrogens is 1190 g/mol. The SMILES string of the molecule is CCC(C)CCCCCCCCC(=O)OC[C@H](COP(=O)(O)OC[C@H](O)COP(=O)(O)OC[C@@H](COC(=O)CCCCCCCCCCCCCCCCCCC(C)C)OC(=O)CCCCCCCCCCCC(C)C)OC(=O)CCCCCCCCC(C)C. The minimum absolute atomic E-state index is 0.101.